The monoisotopic (exact) mass is 321 g/mol. The van der Waals surface area contributed by atoms with Crippen LogP contribution in [0.1, 0.15) is 5.69 Å². The molecule has 0 radical (unpaired) electrons. The predicted octanol–water partition coefficient (Wildman–Crippen LogP) is 2.10. The number of carbonyl (C=O) groups is 1. The Balaban J connectivity index is 1.86. The molecule has 0 amide bonds. The average Bonchev–Trinajstić information content (AvgIpc) is 2.60. The molecule has 0 saturated heterocycles. The second-order valence-electron chi connectivity index (χ2n) is 4.74. The lowest BCUT2D eigenvalue weighted by atomic mass is 10.2. The van der Waals surface area contributed by atoms with Gasteiger partial charge in [-0.2, -0.15) is 10.2 Å². The summed E-state index contributed by atoms with van der Waals surface area (Å²) in [5.74, 6) is -0.491. The highest BCUT2D eigenvalue weighted by molar-refractivity contribution is 5.84. The Morgan fingerprint density at radius 1 is 1.21 bits per heavy atom. The molecule has 0 aliphatic carbocycles. The fraction of sp³-hybridized carbons (Fsp3) is 0.0625. The van der Waals surface area contributed by atoms with Crippen LogP contribution >= 0.6 is 0 Å². The first-order chi connectivity index (χ1) is 11.7. The molecular weight excluding hydrogens is 310 g/mol. The number of pyridine rings is 1. The lowest BCUT2D eigenvalue weighted by molar-refractivity contribution is -0.139. The molecule has 2 aromatic heterocycles. The first-order valence-corrected chi connectivity index (χ1v) is 6.89. The summed E-state index contributed by atoms with van der Waals surface area (Å²) in [6, 6.07) is 11.4. The Morgan fingerprint density at radius 2 is 2.00 bits per heavy atom. The number of nitrogens with zero attached hydrogens (tertiary/aromatic N) is 4. The number of hydrogen-bond acceptors (Lipinski definition) is 7. The molecule has 3 rings (SSSR count). The molecule has 0 fully saturated rings. The molecule has 0 atom stereocenters. The molecule has 24 heavy (non-hydrogen) atoms. The fourth-order valence-electron chi connectivity index (χ4n) is 2.02. The van der Waals surface area contributed by atoms with Crippen LogP contribution < -0.4 is 10.1 Å². The number of aliphatic carboxylic acids is 1. The van der Waals surface area contributed by atoms with E-state index in [0.717, 1.165) is 10.8 Å². The maximum Gasteiger partial charge on any atom is 0.341 e. The highest BCUT2D eigenvalue weighted by Gasteiger charge is 2.11. The average molecular weight is 321 g/mol. The van der Waals surface area contributed by atoms with Crippen LogP contribution in [0.4, 0.5) is 11.6 Å². The van der Waals surface area contributed by atoms with Crippen LogP contribution in [0.25, 0.3) is 10.8 Å². The van der Waals surface area contributed by atoms with Crippen LogP contribution in [0, 0.1) is 11.3 Å². The number of nitrogens with one attached hydrogen (secondary N) is 1. The van der Waals surface area contributed by atoms with E-state index in [-0.39, 0.29) is 17.4 Å². The van der Waals surface area contributed by atoms with Crippen molar-refractivity contribution in [2.75, 3.05) is 11.9 Å². The molecule has 0 unspecified atom stereocenters. The maximum atomic E-state index is 10.6. The van der Waals surface area contributed by atoms with Crippen molar-refractivity contribution >= 4 is 28.4 Å². The van der Waals surface area contributed by atoms with E-state index in [0.29, 0.717) is 5.82 Å². The van der Waals surface area contributed by atoms with Crippen molar-refractivity contribution in [3.63, 3.8) is 0 Å². The molecular formula is C16H11N5O3. The van der Waals surface area contributed by atoms with Crippen molar-refractivity contribution in [2.24, 2.45) is 0 Å². The predicted molar refractivity (Wildman–Crippen MR) is 84.9 cm³/mol. The van der Waals surface area contributed by atoms with E-state index < -0.39 is 12.6 Å². The van der Waals surface area contributed by atoms with Crippen molar-refractivity contribution in [2.45, 2.75) is 0 Å². The van der Waals surface area contributed by atoms with Gasteiger partial charge >= 0.3 is 5.97 Å². The largest absolute Gasteiger partial charge is 0.479 e. The summed E-state index contributed by atoms with van der Waals surface area (Å²) in [7, 11) is 0. The van der Waals surface area contributed by atoms with Gasteiger partial charge in [-0.1, -0.05) is 24.3 Å². The Labute approximate surface area is 136 Å². The number of nitriles is 1. The lowest BCUT2D eigenvalue weighted by Gasteiger charge is -2.08. The molecule has 0 spiro atoms. The highest BCUT2D eigenvalue weighted by atomic mass is 16.5. The summed E-state index contributed by atoms with van der Waals surface area (Å²) in [5.41, 5.74) is -0.0896. The van der Waals surface area contributed by atoms with Gasteiger partial charge < -0.3 is 15.2 Å². The molecule has 2 N–H and O–H groups in total. The molecule has 3 aromatic rings. The molecule has 1 aromatic carbocycles. The molecule has 0 saturated carbocycles. The fourth-order valence-corrected chi connectivity index (χ4v) is 2.02. The van der Waals surface area contributed by atoms with Gasteiger partial charge in [-0.25, -0.2) is 14.8 Å². The van der Waals surface area contributed by atoms with Crippen molar-refractivity contribution in [1.82, 2.24) is 15.0 Å². The number of fused-ring (bicyclic) bond motifs is 1. The molecule has 0 bridgehead atoms. The number of carboxylic acid groups (broad SMARTS) is 1. The Bertz CT molecular complexity index is 952. The van der Waals surface area contributed by atoms with E-state index in [9.17, 15) is 4.79 Å². The quantitative estimate of drug-likeness (QED) is 0.732. The zero-order valence-corrected chi connectivity index (χ0v) is 12.3. The van der Waals surface area contributed by atoms with Crippen LogP contribution in [0.2, 0.25) is 0 Å². The summed E-state index contributed by atoms with van der Waals surface area (Å²) >= 11 is 0. The van der Waals surface area contributed by atoms with E-state index in [1.54, 1.807) is 12.3 Å². The molecule has 0 aliphatic rings. The minimum Gasteiger partial charge on any atom is -0.479 e. The number of aromatic nitrogens is 3. The smallest absolute Gasteiger partial charge is 0.341 e. The molecule has 8 heteroatoms. The summed E-state index contributed by atoms with van der Waals surface area (Å²) in [6.07, 6.45) is 3.07. The SMILES string of the molecule is N#Cc1ncc(Nc2cc3ccccc3cn2)nc1OCC(=O)O. The minimum atomic E-state index is -1.17. The number of rotatable bonds is 5. The summed E-state index contributed by atoms with van der Waals surface area (Å²) in [6.45, 7) is -0.610. The van der Waals surface area contributed by atoms with Gasteiger partial charge in [-0.3, -0.25) is 0 Å². The highest BCUT2D eigenvalue weighted by Crippen LogP contribution is 2.21. The van der Waals surface area contributed by atoms with Crippen LogP contribution in [-0.2, 0) is 4.79 Å². The molecule has 0 aliphatic heterocycles. The van der Waals surface area contributed by atoms with Gasteiger partial charge in [-0.05, 0) is 11.5 Å². The van der Waals surface area contributed by atoms with Gasteiger partial charge in [0, 0.05) is 11.6 Å². The van der Waals surface area contributed by atoms with Crippen molar-refractivity contribution in [3.05, 3.63) is 48.4 Å². The van der Waals surface area contributed by atoms with Gasteiger partial charge in [0.25, 0.3) is 5.88 Å². The second-order valence-corrected chi connectivity index (χ2v) is 4.74. The van der Waals surface area contributed by atoms with Crippen LogP contribution in [0.5, 0.6) is 5.88 Å². The van der Waals surface area contributed by atoms with Crippen molar-refractivity contribution in [1.29, 1.82) is 5.26 Å². The van der Waals surface area contributed by atoms with Crippen molar-refractivity contribution < 1.29 is 14.6 Å². The van der Waals surface area contributed by atoms with Gasteiger partial charge in [-0.15, -0.1) is 0 Å². The van der Waals surface area contributed by atoms with Gasteiger partial charge in [0.1, 0.15) is 11.9 Å². The summed E-state index contributed by atoms with van der Waals surface area (Å²) < 4.78 is 4.98. The van der Waals surface area contributed by atoms with Crippen LogP contribution in [0.3, 0.4) is 0 Å². The van der Waals surface area contributed by atoms with Gasteiger partial charge in [0.05, 0.1) is 6.20 Å². The standard InChI is InChI=1S/C16H11N5O3/c17-6-12-16(24-9-15(22)23)21-14(8-18-12)20-13-5-10-3-1-2-4-11(10)7-19-13/h1-5,7-8H,9H2,(H,22,23)(H,19,20,21). The summed E-state index contributed by atoms with van der Waals surface area (Å²) in [5, 5.41) is 22.6. The van der Waals surface area contributed by atoms with Gasteiger partial charge in [0.15, 0.2) is 12.4 Å². The zero-order valence-electron chi connectivity index (χ0n) is 12.3. The minimum absolute atomic E-state index is 0.0896. The maximum absolute atomic E-state index is 10.6. The first kappa shape index (κ1) is 15.2. The third-order valence-electron chi connectivity index (χ3n) is 3.07. The van der Waals surface area contributed by atoms with E-state index in [1.165, 1.54) is 6.20 Å². The molecule has 8 nitrogen and oxygen atoms in total. The number of carboxylic acids is 1. The first-order valence-electron chi connectivity index (χ1n) is 6.89. The topological polar surface area (TPSA) is 121 Å². The van der Waals surface area contributed by atoms with Crippen LogP contribution in [-0.4, -0.2) is 32.6 Å². The van der Waals surface area contributed by atoms with Crippen molar-refractivity contribution in [3.8, 4) is 11.9 Å². The number of anilines is 2. The third-order valence-corrected chi connectivity index (χ3v) is 3.07. The Morgan fingerprint density at radius 3 is 2.75 bits per heavy atom. The lowest BCUT2D eigenvalue weighted by Crippen LogP contribution is -2.12. The van der Waals surface area contributed by atoms with E-state index in [4.69, 9.17) is 15.1 Å². The number of ether oxygens (including phenoxy) is 1. The van der Waals surface area contributed by atoms with E-state index >= 15 is 0 Å². The Kier molecular flexibility index (Phi) is 4.16. The summed E-state index contributed by atoms with van der Waals surface area (Å²) in [4.78, 5) is 22.8. The number of hydrogen-bond donors (Lipinski definition) is 2. The van der Waals surface area contributed by atoms with Gasteiger partial charge in [0.2, 0.25) is 5.69 Å². The van der Waals surface area contributed by atoms with E-state index in [2.05, 4.69) is 20.3 Å². The second kappa shape index (κ2) is 6.58. The normalized spacial score (nSPS) is 10.1. The Hall–Kier alpha value is -3.73. The molecule has 118 valence electrons. The van der Waals surface area contributed by atoms with Crippen LogP contribution in [0.15, 0.2) is 42.7 Å². The molecule has 2 heterocycles. The number of benzene rings is 1. The van der Waals surface area contributed by atoms with E-state index in [1.807, 2.05) is 30.3 Å². The third kappa shape index (κ3) is 3.36. The zero-order chi connectivity index (χ0) is 16.9.